The molecule has 0 aliphatic rings. The predicted octanol–water partition coefficient (Wildman–Crippen LogP) is 4.72. The SMILES string of the molecule is CCCCCCCCCC/C=C/SOOO.[Na]. The third-order valence-electron chi connectivity index (χ3n) is 2.45. The van der Waals surface area contributed by atoms with E-state index in [9.17, 15) is 0 Å². The van der Waals surface area contributed by atoms with Crippen molar-refractivity contribution in [1.29, 1.82) is 0 Å². The molecule has 0 bridgehead atoms. The van der Waals surface area contributed by atoms with Crippen LogP contribution >= 0.6 is 12.0 Å². The predicted molar refractivity (Wildman–Crippen MR) is 74.5 cm³/mol. The van der Waals surface area contributed by atoms with Gasteiger partial charge in [0, 0.05) is 29.6 Å². The monoisotopic (exact) mass is 271 g/mol. The minimum absolute atomic E-state index is 0. The van der Waals surface area contributed by atoms with Gasteiger partial charge < -0.3 is 0 Å². The summed E-state index contributed by atoms with van der Waals surface area (Å²) in [5, 5.41) is 13.1. The molecule has 0 fully saturated rings. The van der Waals surface area contributed by atoms with Gasteiger partial charge in [0.15, 0.2) is 0 Å². The zero-order chi connectivity index (χ0) is 11.9. The molecule has 0 atom stereocenters. The summed E-state index contributed by atoms with van der Waals surface area (Å²) in [4.78, 5) is 0. The second kappa shape index (κ2) is 19.3. The van der Waals surface area contributed by atoms with Crippen LogP contribution in [0.15, 0.2) is 11.5 Å². The van der Waals surface area contributed by atoms with Crippen LogP contribution in [0, 0.1) is 0 Å². The molecule has 5 heteroatoms. The van der Waals surface area contributed by atoms with Gasteiger partial charge in [0.1, 0.15) is 0 Å². The number of rotatable bonds is 12. The van der Waals surface area contributed by atoms with Crippen LogP contribution in [0.25, 0.3) is 0 Å². The molecule has 0 amide bonds. The fraction of sp³-hybridized carbons (Fsp3) is 0.833. The number of allylic oxidation sites excluding steroid dienone is 1. The van der Waals surface area contributed by atoms with Gasteiger partial charge in [-0.3, -0.25) is 0 Å². The summed E-state index contributed by atoms with van der Waals surface area (Å²) in [5.74, 6) is 0. The Morgan fingerprint density at radius 3 is 2.18 bits per heavy atom. The van der Waals surface area contributed by atoms with E-state index < -0.39 is 0 Å². The van der Waals surface area contributed by atoms with Gasteiger partial charge in [-0.25, -0.2) is 5.26 Å². The van der Waals surface area contributed by atoms with Crippen molar-refractivity contribution in [2.24, 2.45) is 0 Å². The van der Waals surface area contributed by atoms with E-state index in [4.69, 9.17) is 5.26 Å². The van der Waals surface area contributed by atoms with Gasteiger partial charge in [0.05, 0.1) is 12.0 Å². The molecule has 0 aliphatic heterocycles. The second-order valence-electron chi connectivity index (χ2n) is 3.87. The number of unbranched alkanes of at least 4 members (excludes halogenated alkanes) is 8. The Hall–Kier alpha value is 0.970. The molecule has 0 aromatic heterocycles. The van der Waals surface area contributed by atoms with E-state index in [-0.39, 0.29) is 29.6 Å². The fourth-order valence-corrected chi connectivity index (χ4v) is 1.84. The summed E-state index contributed by atoms with van der Waals surface area (Å²) in [6, 6.07) is 0. The molecule has 97 valence electrons. The topological polar surface area (TPSA) is 38.7 Å². The first-order valence-corrected chi connectivity index (χ1v) is 7.01. The summed E-state index contributed by atoms with van der Waals surface area (Å²) in [6.45, 7) is 2.25. The molecular formula is C12H24NaO3S. The zero-order valence-corrected chi connectivity index (χ0v) is 14.0. The van der Waals surface area contributed by atoms with E-state index in [1.165, 1.54) is 51.4 Å². The Balaban J connectivity index is 0. The van der Waals surface area contributed by atoms with Crippen LogP contribution in [0.3, 0.4) is 0 Å². The van der Waals surface area contributed by atoms with Crippen LogP contribution in [0.4, 0.5) is 0 Å². The average Bonchev–Trinajstić information content (AvgIpc) is 2.31. The molecule has 0 aromatic carbocycles. The van der Waals surface area contributed by atoms with Gasteiger partial charge >= 0.3 is 0 Å². The molecule has 17 heavy (non-hydrogen) atoms. The summed E-state index contributed by atoms with van der Waals surface area (Å²) in [7, 11) is 0. The van der Waals surface area contributed by atoms with Crippen molar-refractivity contribution in [1.82, 2.24) is 0 Å². The number of hydrogen-bond acceptors (Lipinski definition) is 4. The van der Waals surface area contributed by atoms with Crippen LogP contribution in [-0.4, -0.2) is 34.8 Å². The van der Waals surface area contributed by atoms with Crippen LogP contribution in [0.1, 0.15) is 64.7 Å². The molecule has 1 N–H and O–H groups in total. The van der Waals surface area contributed by atoms with Gasteiger partial charge in [-0.1, -0.05) is 63.0 Å². The number of hydrogen-bond donors (Lipinski definition) is 1. The normalized spacial score (nSPS) is 10.7. The van der Waals surface area contributed by atoms with Gasteiger partial charge in [-0.15, -0.1) is 4.33 Å². The van der Waals surface area contributed by atoms with Gasteiger partial charge in [-0.2, -0.15) is 0 Å². The summed E-state index contributed by atoms with van der Waals surface area (Å²) < 4.78 is 4.20. The van der Waals surface area contributed by atoms with Crippen molar-refractivity contribution in [2.45, 2.75) is 64.7 Å². The maximum atomic E-state index is 7.85. The first-order valence-electron chi connectivity index (χ1n) is 6.20. The minimum atomic E-state index is 0. The van der Waals surface area contributed by atoms with Crippen LogP contribution < -0.4 is 0 Å². The largest absolute Gasteiger partial charge is 0.220 e. The Labute approximate surface area is 132 Å². The van der Waals surface area contributed by atoms with Gasteiger partial charge in [-0.05, 0) is 18.2 Å². The zero-order valence-electron chi connectivity index (χ0n) is 11.2. The molecule has 0 heterocycles. The molecular weight excluding hydrogens is 247 g/mol. The Bertz CT molecular complexity index is 157. The van der Waals surface area contributed by atoms with Crippen LogP contribution in [0.5, 0.6) is 0 Å². The van der Waals surface area contributed by atoms with Crippen LogP contribution in [-0.2, 0) is 9.37 Å². The third-order valence-corrected chi connectivity index (χ3v) is 2.89. The Morgan fingerprint density at radius 2 is 1.59 bits per heavy atom. The van der Waals surface area contributed by atoms with Crippen LogP contribution in [0.2, 0.25) is 0 Å². The van der Waals surface area contributed by atoms with Gasteiger partial charge in [0.25, 0.3) is 0 Å². The molecule has 0 rings (SSSR count). The molecule has 0 aromatic rings. The molecule has 0 saturated carbocycles. The van der Waals surface area contributed by atoms with Crippen molar-refractivity contribution < 1.29 is 14.6 Å². The smallest absolute Gasteiger partial charge is 0.0631 e. The van der Waals surface area contributed by atoms with E-state index in [1.54, 1.807) is 5.41 Å². The van der Waals surface area contributed by atoms with E-state index in [0.717, 1.165) is 18.5 Å². The molecule has 1 radical (unpaired) electrons. The summed E-state index contributed by atoms with van der Waals surface area (Å²) >= 11 is 0.978. The second-order valence-corrected chi connectivity index (χ2v) is 4.47. The van der Waals surface area contributed by atoms with E-state index in [0.29, 0.717) is 0 Å². The van der Waals surface area contributed by atoms with E-state index >= 15 is 0 Å². The van der Waals surface area contributed by atoms with Crippen molar-refractivity contribution in [3.8, 4) is 0 Å². The summed E-state index contributed by atoms with van der Waals surface area (Å²) in [5.41, 5.74) is 0. The standard InChI is InChI=1S/C12H24O3S.Na/c1-2-3-4-5-6-7-8-9-10-11-12-16-15-14-13;/h11-13H,2-10H2,1H3;/b12-11+;. The molecule has 0 spiro atoms. The first kappa shape index (κ1) is 20.3. The fourth-order valence-electron chi connectivity index (χ4n) is 1.54. The van der Waals surface area contributed by atoms with Crippen molar-refractivity contribution >= 4 is 41.6 Å². The molecule has 3 nitrogen and oxygen atoms in total. The van der Waals surface area contributed by atoms with E-state index in [2.05, 4.69) is 16.3 Å². The first-order chi connectivity index (χ1) is 7.91. The summed E-state index contributed by atoms with van der Waals surface area (Å²) in [6.07, 6.45) is 13.8. The quantitative estimate of drug-likeness (QED) is 0.183. The maximum absolute atomic E-state index is 7.85. The Kier molecular flexibility index (Phi) is 23.1. The van der Waals surface area contributed by atoms with Crippen molar-refractivity contribution in [2.75, 3.05) is 0 Å². The average molecular weight is 271 g/mol. The molecule has 0 aliphatic carbocycles. The van der Waals surface area contributed by atoms with E-state index in [1.807, 2.05) is 6.08 Å². The van der Waals surface area contributed by atoms with Crippen molar-refractivity contribution in [3.63, 3.8) is 0 Å². The minimum Gasteiger partial charge on any atom is -0.220 e. The third kappa shape index (κ3) is 19.5. The Morgan fingerprint density at radius 1 is 1.00 bits per heavy atom. The molecule has 0 saturated heterocycles. The molecule has 0 unspecified atom stereocenters. The van der Waals surface area contributed by atoms with Crippen molar-refractivity contribution in [3.05, 3.63) is 11.5 Å². The van der Waals surface area contributed by atoms with Gasteiger partial charge in [0.2, 0.25) is 0 Å². The maximum Gasteiger partial charge on any atom is 0.0631 e.